The van der Waals surface area contributed by atoms with Crippen molar-refractivity contribution >= 4 is 17.7 Å². The number of carbonyl (C=O) groups is 2. The van der Waals surface area contributed by atoms with Crippen LogP contribution in [0.5, 0.6) is 5.75 Å². The third-order valence-corrected chi connectivity index (χ3v) is 5.02. The van der Waals surface area contributed by atoms with E-state index in [1.54, 1.807) is 0 Å². The first-order valence-corrected chi connectivity index (χ1v) is 10.0. The Labute approximate surface area is 191 Å². The van der Waals surface area contributed by atoms with Gasteiger partial charge in [-0.2, -0.15) is 13.2 Å². The minimum atomic E-state index is -4.53. The van der Waals surface area contributed by atoms with Gasteiger partial charge in [0.05, 0.1) is 18.7 Å². The Bertz CT molecular complexity index is 1050. The fraction of sp³-hybridized carbons (Fsp3) is 0.364. The molecule has 12 heteroatoms. The summed E-state index contributed by atoms with van der Waals surface area (Å²) in [6, 6.07) is 5.17. The molecule has 184 valence electrons. The highest BCUT2D eigenvalue weighted by molar-refractivity contribution is 5.92. The maximum Gasteiger partial charge on any atom is 0.416 e. The predicted octanol–water partition coefficient (Wildman–Crippen LogP) is 4.64. The lowest BCUT2D eigenvalue weighted by atomic mass is 10.1. The molecule has 0 unspecified atom stereocenters. The molecule has 2 aromatic rings. The van der Waals surface area contributed by atoms with Crippen LogP contribution in [0.4, 0.5) is 32.4 Å². The average molecular weight is 488 g/mol. The third-order valence-electron chi connectivity index (χ3n) is 5.02. The lowest BCUT2D eigenvalue weighted by Gasteiger charge is -2.27. The molecule has 2 aromatic carbocycles. The van der Waals surface area contributed by atoms with Gasteiger partial charge in [0.1, 0.15) is 6.73 Å². The molecule has 3 rings (SSSR count). The van der Waals surface area contributed by atoms with Crippen LogP contribution in [0, 0.1) is 11.6 Å². The molecule has 0 aromatic heterocycles. The van der Waals surface area contributed by atoms with Crippen molar-refractivity contribution in [3.63, 3.8) is 0 Å². The zero-order valence-corrected chi connectivity index (χ0v) is 18.2. The summed E-state index contributed by atoms with van der Waals surface area (Å²) in [5.41, 5.74) is -2.53. The summed E-state index contributed by atoms with van der Waals surface area (Å²) in [5, 5.41) is 9.10. The SMILES string of the molecule is CC(C)(Oc1c(F)cc(CN2COCCN(c3ccc(C(F)(F)F)cc3)C2=O)cc1F)C(=O)O. The van der Waals surface area contributed by atoms with Gasteiger partial charge in [0.25, 0.3) is 0 Å². The summed E-state index contributed by atoms with van der Waals surface area (Å²) in [6.45, 7) is 1.90. The number of nitrogens with zero attached hydrogens (tertiary/aromatic N) is 2. The van der Waals surface area contributed by atoms with Gasteiger partial charge < -0.3 is 14.6 Å². The Morgan fingerprint density at radius 3 is 2.24 bits per heavy atom. The van der Waals surface area contributed by atoms with Crippen molar-refractivity contribution in [3.8, 4) is 5.75 Å². The van der Waals surface area contributed by atoms with E-state index in [-0.39, 0.29) is 37.7 Å². The second-order valence-electron chi connectivity index (χ2n) is 8.02. The highest BCUT2D eigenvalue weighted by atomic mass is 19.4. The molecule has 0 bridgehead atoms. The number of amides is 2. The molecule has 1 saturated heterocycles. The molecule has 2 amide bonds. The molecular formula is C22H21F5N2O5. The minimum absolute atomic E-state index is 0.0294. The molecular weight excluding hydrogens is 467 g/mol. The number of urea groups is 1. The molecule has 0 aliphatic carbocycles. The molecule has 1 heterocycles. The minimum Gasteiger partial charge on any atom is -0.478 e. The summed E-state index contributed by atoms with van der Waals surface area (Å²) in [6.07, 6.45) is -4.53. The number of hydrogen-bond acceptors (Lipinski definition) is 4. The van der Waals surface area contributed by atoms with Crippen LogP contribution in [-0.2, 0) is 22.3 Å². The van der Waals surface area contributed by atoms with Crippen LogP contribution >= 0.6 is 0 Å². The number of carboxylic acids is 1. The topological polar surface area (TPSA) is 79.3 Å². The molecule has 0 saturated carbocycles. The van der Waals surface area contributed by atoms with Crippen molar-refractivity contribution in [1.29, 1.82) is 0 Å². The summed E-state index contributed by atoms with van der Waals surface area (Å²) < 4.78 is 77.8. The molecule has 34 heavy (non-hydrogen) atoms. The van der Waals surface area contributed by atoms with E-state index < -0.39 is 46.7 Å². The smallest absolute Gasteiger partial charge is 0.416 e. The Morgan fingerprint density at radius 2 is 1.71 bits per heavy atom. The van der Waals surface area contributed by atoms with Gasteiger partial charge in [0.2, 0.25) is 0 Å². The summed E-state index contributed by atoms with van der Waals surface area (Å²) in [4.78, 5) is 26.5. The number of carbonyl (C=O) groups excluding carboxylic acids is 1. The lowest BCUT2D eigenvalue weighted by Crippen LogP contribution is -2.42. The number of hydrogen-bond donors (Lipinski definition) is 1. The molecule has 1 N–H and O–H groups in total. The van der Waals surface area contributed by atoms with Crippen LogP contribution < -0.4 is 9.64 Å². The van der Waals surface area contributed by atoms with Gasteiger partial charge in [-0.25, -0.2) is 18.4 Å². The Morgan fingerprint density at radius 1 is 1.12 bits per heavy atom. The molecule has 0 spiro atoms. The van der Waals surface area contributed by atoms with Crippen molar-refractivity contribution in [2.45, 2.75) is 32.2 Å². The average Bonchev–Trinajstić information content (AvgIpc) is 2.92. The molecule has 7 nitrogen and oxygen atoms in total. The number of alkyl halides is 3. The number of ether oxygens (including phenoxy) is 2. The molecule has 1 fully saturated rings. The normalized spacial score (nSPS) is 15.3. The Kier molecular flexibility index (Phi) is 7.01. The van der Waals surface area contributed by atoms with Gasteiger partial charge in [-0.1, -0.05) is 0 Å². The molecule has 0 radical (unpaired) electrons. The van der Waals surface area contributed by atoms with Gasteiger partial charge in [-0.3, -0.25) is 9.80 Å². The summed E-state index contributed by atoms with van der Waals surface area (Å²) in [5.74, 6) is -4.62. The largest absolute Gasteiger partial charge is 0.478 e. The fourth-order valence-corrected chi connectivity index (χ4v) is 3.16. The number of halogens is 5. The van der Waals surface area contributed by atoms with Crippen LogP contribution in [0.15, 0.2) is 36.4 Å². The first-order chi connectivity index (χ1) is 15.8. The van der Waals surface area contributed by atoms with Crippen molar-refractivity contribution in [2.75, 3.05) is 24.8 Å². The third kappa shape index (κ3) is 5.56. The highest BCUT2D eigenvalue weighted by Crippen LogP contribution is 2.31. The molecule has 0 atom stereocenters. The fourth-order valence-electron chi connectivity index (χ4n) is 3.16. The number of benzene rings is 2. The van der Waals surface area contributed by atoms with Gasteiger partial charge in [-0.05, 0) is 55.8 Å². The summed E-state index contributed by atoms with van der Waals surface area (Å²) >= 11 is 0. The number of rotatable bonds is 6. The maximum atomic E-state index is 14.5. The van der Waals surface area contributed by atoms with E-state index >= 15 is 0 Å². The van der Waals surface area contributed by atoms with Gasteiger partial charge in [0, 0.05) is 12.2 Å². The van der Waals surface area contributed by atoms with E-state index in [0.29, 0.717) is 0 Å². The van der Waals surface area contributed by atoms with Gasteiger partial charge >= 0.3 is 18.2 Å². The van der Waals surface area contributed by atoms with Crippen LogP contribution in [0.25, 0.3) is 0 Å². The number of anilines is 1. The summed E-state index contributed by atoms with van der Waals surface area (Å²) in [7, 11) is 0. The van der Waals surface area contributed by atoms with Crippen molar-refractivity contribution < 1.29 is 46.1 Å². The number of carboxylic acid groups (broad SMARTS) is 1. The second-order valence-corrected chi connectivity index (χ2v) is 8.02. The first kappa shape index (κ1) is 25.2. The quantitative estimate of drug-likeness (QED) is 0.600. The van der Waals surface area contributed by atoms with Gasteiger partial charge in [-0.15, -0.1) is 0 Å². The lowest BCUT2D eigenvalue weighted by molar-refractivity contribution is -0.152. The van der Waals surface area contributed by atoms with Crippen LogP contribution in [-0.4, -0.2) is 47.5 Å². The van der Waals surface area contributed by atoms with Crippen LogP contribution in [0.3, 0.4) is 0 Å². The second kappa shape index (κ2) is 9.45. The zero-order chi connectivity index (χ0) is 25.3. The van der Waals surface area contributed by atoms with E-state index in [1.165, 1.54) is 4.90 Å². The van der Waals surface area contributed by atoms with Gasteiger partial charge in [0.15, 0.2) is 23.0 Å². The predicted molar refractivity (Wildman–Crippen MR) is 109 cm³/mol. The molecule has 1 aliphatic rings. The van der Waals surface area contributed by atoms with Crippen LogP contribution in [0.2, 0.25) is 0 Å². The van der Waals surface area contributed by atoms with Crippen molar-refractivity contribution in [1.82, 2.24) is 4.90 Å². The van der Waals surface area contributed by atoms with E-state index in [4.69, 9.17) is 14.6 Å². The van der Waals surface area contributed by atoms with Crippen molar-refractivity contribution in [2.24, 2.45) is 0 Å². The number of aliphatic carboxylic acids is 1. The standard InChI is InChI=1S/C22H21F5N2O5/c1-21(2,19(30)31)34-18-16(23)9-13(10-17(18)24)11-28-12-33-8-7-29(20(28)32)15-5-3-14(4-6-15)22(25,26)27/h3-6,9-10H,7-8,11-12H2,1-2H3,(H,30,31). The zero-order valence-electron chi connectivity index (χ0n) is 18.2. The van der Waals surface area contributed by atoms with Crippen LogP contribution in [0.1, 0.15) is 25.0 Å². The Hall–Kier alpha value is -3.41. The van der Waals surface area contributed by atoms with E-state index in [1.807, 2.05) is 0 Å². The van der Waals surface area contributed by atoms with E-state index in [0.717, 1.165) is 55.1 Å². The van der Waals surface area contributed by atoms with E-state index in [9.17, 15) is 31.5 Å². The van der Waals surface area contributed by atoms with Crippen molar-refractivity contribution in [3.05, 3.63) is 59.2 Å². The Balaban J connectivity index is 1.81. The molecule has 1 aliphatic heterocycles. The monoisotopic (exact) mass is 488 g/mol. The maximum absolute atomic E-state index is 14.5. The van der Waals surface area contributed by atoms with E-state index in [2.05, 4.69) is 0 Å². The first-order valence-electron chi connectivity index (χ1n) is 10.0. The highest BCUT2D eigenvalue weighted by Gasteiger charge is 2.33.